The molecule has 1 aromatic carbocycles. The lowest BCUT2D eigenvalue weighted by molar-refractivity contribution is 0.761. The van der Waals surface area contributed by atoms with Gasteiger partial charge in [0, 0.05) is 0 Å². The molecule has 1 nitrogen and oxygen atoms in total. The fourth-order valence-electron chi connectivity index (χ4n) is 1.62. The second-order valence-electron chi connectivity index (χ2n) is 3.69. The third-order valence-corrected chi connectivity index (χ3v) is 2.57. The zero-order valence-electron chi connectivity index (χ0n) is 8.80. The molecule has 0 bridgehead atoms. The van der Waals surface area contributed by atoms with Crippen molar-refractivity contribution in [1.29, 1.82) is 0 Å². The van der Waals surface area contributed by atoms with E-state index in [-0.39, 0.29) is 0 Å². The predicted octanol–water partition coefficient (Wildman–Crippen LogP) is 2.62. The Hall–Kier alpha value is -0.820. The van der Waals surface area contributed by atoms with Crippen molar-refractivity contribution in [2.45, 2.75) is 33.1 Å². The number of rotatable bonds is 3. The number of nitrogens with two attached hydrogens (primary N) is 1. The van der Waals surface area contributed by atoms with Crippen LogP contribution in [0.4, 0.5) is 0 Å². The van der Waals surface area contributed by atoms with Crippen molar-refractivity contribution in [3.63, 3.8) is 0 Å². The highest BCUT2D eigenvalue weighted by Crippen LogP contribution is 2.20. The molecule has 13 heavy (non-hydrogen) atoms. The Morgan fingerprint density at radius 1 is 1.38 bits per heavy atom. The van der Waals surface area contributed by atoms with Gasteiger partial charge in [0.15, 0.2) is 0 Å². The van der Waals surface area contributed by atoms with Gasteiger partial charge >= 0.3 is 0 Å². The van der Waals surface area contributed by atoms with Gasteiger partial charge in [-0.25, -0.2) is 0 Å². The molecular formula is C12H19N. The van der Waals surface area contributed by atoms with Crippen molar-refractivity contribution in [3.05, 3.63) is 34.9 Å². The summed E-state index contributed by atoms with van der Waals surface area (Å²) in [4.78, 5) is 0. The normalized spacial score (nSPS) is 12.9. The Labute approximate surface area is 81.0 Å². The molecule has 0 aliphatic carbocycles. The van der Waals surface area contributed by atoms with Crippen molar-refractivity contribution in [2.24, 2.45) is 5.73 Å². The summed E-state index contributed by atoms with van der Waals surface area (Å²) in [6, 6.07) is 6.65. The summed E-state index contributed by atoms with van der Waals surface area (Å²) in [5.74, 6) is 0.481. The largest absolute Gasteiger partial charge is 0.330 e. The molecule has 1 heteroatoms. The van der Waals surface area contributed by atoms with E-state index in [1.807, 2.05) is 0 Å². The lowest BCUT2D eigenvalue weighted by Crippen LogP contribution is -2.11. The maximum Gasteiger partial charge on any atom is -0.00108 e. The first-order valence-corrected chi connectivity index (χ1v) is 4.98. The smallest absolute Gasteiger partial charge is 0.00108 e. The van der Waals surface area contributed by atoms with Gasteiger partial charge in [0.2, 0.25) is 0 Å². The Morgan fingerprint density at radius 2 is 2.08 bits per heavy atom. The van der Waals surface area contributed by atoms with Crippen molar-refractivity contribution >= 4 is 0 Å². The molecule has 1 rings (SSSR count). The molecule has 0 amide bonds. The molecular weight excluding hydrogens is 158 g/mol. The summed E-state index contributed by atoms with van der Waals surface area (Å²) < 4.78 is 0. The van der Waals surface area contributed by atoms with Crippen LogP contribution in [0, 0.1) is 6.92 Å². The highest BCUT2D eigenvalue weighted by molar-refractivity contribution is 5.34. The number of hydrogen-bond donors (Lipinski definition) is 1. The van der Waals surface area contributed by atoms with E-state index in [4.69, 9.17) is 5.73 Å². The van der Waals surface area contributed by atoms with E-state index >= 15 is 0 Å². The van der Waals surface area contributed by atoms with Gasteiger partial charge in [-0.3, -0.25) is 0 Å². The average molecular weight is 177 g/mol. The molecule has 0 saturated heterocycles. The maximum atomic E-state index is 5.68. The summed E-state index contributed by atoms with van der Waals surface area (Å²) in [6.45, 7) is 7.24. The Bertz CT molecular complexity index is 278. The van der Waals surface area contributed by atoms with Gasteiger partial charge in [-0.05, 0) is 36.9 Å². The average Bonchev–Trinajstić information content (AvgIpc) is 2.16. The van der Waals surface area contributed by atoms with Gasteiger partial charge in [0.1, 0.15) is 0 Å². The van der Waals surface area contributed by atoms with Crippen LogP contribution in [0.3, 0.4) is 0 Å². The van der Waals surface area contributed by atoms with E-state index in [1.54, 1.807) is 0 Å². The lowest BCUT2D eigenvalue weighted by Gasteiger charge is -2.14. The standard InChI is InChI=1S/C12H19N/c1-4-11-6-5-9(2)7-12(11)10(3)8-13/h5-7,10H,4,8,13H2,1-3H3. The summed E-state index contributed by atoms with van der Waals surface area (Å²) in [6.07, 6.45) is 1.10. The number of benzene rings is 1. The molecule has 0 fully saturated rings. The molecule has 0 aliphatic heterocycles. The third kappa shape index (κ3) is 2.31. The van der Waals surface area contributed by atoms with Crippen LogP contribution in [0.5, 0.6) is 0 Å². The zero-order valence-corrected chi connectivity index (χ0v) is 8.80. The third-order valence-electron chi connectivity index (χ3n) is 2.57. The van der Waals surface area contributed by atoms with E-state index < -0.39 is 0 Å². The topological polar surface area (TPSA) is 26.0 Å². The molecule has 0 aromatic heterocycles. The molecule has 2 N–H and O–H groups in total. The molecule has 72 valence electrons. The Morgan fingerprint density at radius 3 is 2.62 bits per heavy atom. The van der Waals surface area contributed by atoms with E-state index in [0.29, 0.717) is 5.92 Å². The first kappa shape index (κ1) is 10.3. The van der Waals surface area contributed by atoms with E-state index in [2.05, 4.69) is 39.0 Å². The van der Waals surface area contributed by atoms with Crippen molar-refractivity contribution < 1.29 is 0 Å². The van der Waals surface area contributed by atoms with E-state index in [0.717, 1.165) is 13.0 Å². The Balaban J connectivity index is 3.07. The summed E-state index contributed by atoms with van der Waals surface area (Å²) in [7, 11) is 0. The Kier molecular flexibility index (Phi) is 3.49. The fourth-order valence-corrected chi connectivity index (χ4v) is 1.62. The van der Waals surface area contributed by atoms with Gasteiger partial charge < -0.3 is 5.73 Å². The van der Waals surface area contributed by atoms with E-state index in [9.17, 15) is 0 Å². The van der Waals surface area contributed by atoms with Gasteiger partial charge in [0.25, 0.3) is 0 Å². The van der Waals surface area contributed by atoms with Gasteiger partial charge in [-0.15, -0.1) is 0 Å². The minimum Gasteiger partial charge on any atom is -0.330 e. The predicted molar refractivity (Wildman–Crippen MR) is 58.0 cm³/mol. The fraction of sp³-hybridized carbons (Fsp3) is 0.500. The molecule has 1 atom stereocenters. The minimum atomic E-state index is 0.481. The molecule has 1 aromatic rings. The van der Waals surface area contributed by atoms with E-state index in [1.165, 1.54) is 16.7 Å². The maximum absolute atomic E-state index is 5.68. The second kappa shape index (κ2) is 4.43. The lowest BCUT2D eigenvalue weighted by atomic mass is 9.93. The minimum absolute atomic E-state index is 0.481. The molecule has 0 radical (unpaired) electrons. The van der Waals surface area contributed by atoms with Crippen molar-refractivity contribution in [2.75, 3.05) is 6.54 Å². The van der Waals surface area contributed by atoms with Crippen LogP contribution in [0.25, 0.3) is 0 Å². The first-order chi connectivity index (χ1) is 6.19. The van der Waals surface area contributed by atoms with Crippen LogP contribution < -0.4 is 5.73 Å². The SMILES string of the molecule is CCc1ccc(C)cc1C(C)CN. The van der Waals surface area contributed by atoms with Crippen LogP contribution in [0.15, 0.2) is 18.2 Å². The van der Waals surface area contributed by atoms with Gasteiger partial charge in [0.05, 0.1) is 0 Å². The molecule has 0 heterocycles. The molecule has 0 aliphatic rings. The first-order valence-electron chi connectivity index (χ1n) is 4.98. The zero-order chi connectivity index (χ0) is 9.84. The number of hydrogen-bond acceptors (Lipinski definition) is 1. The number of aryl methyl sites for hydroxylation is 2. The molecule has 0 saturated carbocycles. The quantitative estimate of drug-likeness (QED) is 0.754. The van der Waals surface area contributed by atoms with Gasteiger partial charge in [-0.1, -0.05) is 37.6 Å². The highest BCUT2D eigenvalue weighted by atomic mass is 14.5. The van der Waals surface area contributed by atoms with Crippen LogP contribution >= 0.6 is 0 Å². The van der Waals surface area contributed by atoms with Gasteiger partial charge in [-0.2, -0.15) is 0 Å². The van der Waals surface area contributed by atoms with Crippen LogP contribution in [0.2, 0.25) is 0 Å². The van der Waals surface area contributed by atoms with Crippen molar-refractivity contribution in [3.8, 4) is 0 Å². The summed E-state index contributed by atoms with van der Waals surface area (Å²) in [5.41, 5.74) is 9.86. The van der Waals surface area contributed by atoms with Crippen molar-refractivity contribution in [1.82, 2.24) is 0 Å². The summed E-state index contributed by atoms with van der Waals surface area (Å²) >= 11 is 0. The van der Waals surface area contributed by atoms with Crippen LogP contribution in [-0.4, -0.2) is 6.54 Å². The second-order valence-corrected chi connectivity index (χ2v) is 3.69. The highest BCUT2D eigenvalue weighted by Gasteiger charge is 2.07. The molecule has 1 unspecified atom stereocenters. The van der Waals surface area contributed by atoms with Crippen LogP contribution in [0.1, 0.15) is 36.5 Å². The molecule has 0 spiro atoms. The monoisotopic (exact) mass is 177 g/mol. The van der Waals surface area contributed by atoms with Crippen LogP contribution in [-0.2, 0) is 6.42 Å². The summed E-state index contributed by atoms with van der Waals surface area (Å²) in [5, 5.41) is 0.